The number of nitrogens with one attached hydrogen (secondary N) is 1. The molecule has 0 unspecified atom stereocenters. The molecule has 128 valence electrons. The third-order valence-electron chi connectivity index (χ3n) is 3.95. The van der Waals surface area contributed by atoms with E-state index in [1.54, 1.807) is 33.8 Å². The second-order valence-corrected chi connectivity index (χ2v) is 5.92. The minimum Gasteiger partial charge on any atom is -0.466 e. The molecule has 0 aliphatic carbocycles. The van der Waals surface area contributed by atoms with Gasteiger partial charge in [0.25, 0.3) is 0 Å². The topological polar surface area (TPSA) is 89.4 Å². The van der Waals surface area contributed by atoms with Gasteiger partial charge in [-0.2, -0.15) is 0 Å². The molecule has 6 heteroatoms. The second kappa shape index (κ2) is 6.47. The Bertz CT molecular complexity index is 825. The van der Waals surface area contributed by atoms with Crippen LogP contribution >= 0.6 is 0 Å². The zero-order valence-corrected chi connectivity index (χ0v) is 14.7. The third-order valence-corrected chi connectivity index (χ3v) is 3.95. The van der Waals surface area contributed by atoms with Gasteiger partial charge in [-0.3, -0.25) is 9.59 Å². The third kappa shape index (κ3) is 3.18. The summed E-state index contributed by atoms with van der Waals surface area (Å²) in [5, 5.41) is 0. The maximum absolute atomic E-state index is 12.6. The number of ether oxygens (including phenoxy) is 1. The summed E-state index contributed by atoms with van der Waals surface area (Å²) < 4.78 is 10.6. The molecule has 2 aromatic rings. The van der Waals surface area contributed by atoms with Crippen molar-refractivity contribution in [1.29, 1.82) is 0 Å². The van der Waals surface area contributed by atoms with E-state index >= 15 is 0 Å². The second-order valence-electron chi connectivity index (χ2n) is 5.92. The van der Waals surface area contributed by atoms with Gasteiger partial charge in [0.1, 0.15) is 17.1 Å². The fourth-order valence-electron chi connectivity index (χ4n) is 2.84. The quantitative estimate of drug-likeness (QED) is 0.669. The van der Waals surface area contributed by atoms with Crippen LogP contribution in [0.1, 0.15) is 67.8 Å². The van der Waals surface area contributed by atoms with Crippen LogP contribution in [-0.4, -0.2) is 28.6 Å². The predicted octanol–water partition coefficient (Wildman–Crippen LogP) is 3.47. The van der Waals surface area contributed by atoms with E-state index < -0.39 is 12.1 Å². The first-order valence-electron chi connectivity index (χ1n) is 7.65. The number of H-pyrrole nitrogens is 1. The number of carbonyl (C=O) groups is 3. The minimum absolute atomic E-state index is 0.116. The average molecular weight is 331 g/mol. The van der Waals surface area contributed by atoms with Crippen molar-refractivity contribution in [2.24, 2.45) is 0 Å². The van der Waals surface area contributed by atoms with Gasteiger partial charge < -0.3 is 14.1 Å². The fraction of sp³-hybridized carbons (Fsp3) is 0.389. The molecule has 0 fully saturated rings. The number of aryl methyl sites for hydroxylation is 3. The largest absolute Gasteiger partial charge is 0.466 e. The highest BCUT2D eigenvalue weighted by atomic mass is 16.5. The number of aromatic nitrogens is 1. The number of esters is 1. The van der Waals surface area contributed by atoms with Crippen molar-refractivity contribution < 1.29 is 23.5 Å². The molecular formula is C18H21NO5. The molecule has 0 bridgehead atoms. The van der Waals surface area contributed by atoms with Crippen molar-refractivity contribution in [2.45, 2.75) is 47.6 Å². The molecule has 0 saturated carbocycles. The Labute approximate surface area is 140 Å². The Morgan fingerprint density at radius 3 is 2.25 bits per heavy atom. The van der Waals surface area contributed by atoms with Gasteiger partial charge in [-0.05, 0) is 53.2 Å². The number of ketones is 2. The summed E-state index contributed by atoms with van der Waals surface area (Å²) in [7, 11) is 0. The first-order valence-corrected chi connectivity index (χ1v) is 7.65. The van der Waals surface area contributed by atoms with Crippen LogP contribution in [0, 0.1) is 27.7 Å². The summed E-state index contributed by atoms with van der Waals surface area (Å²) in [6.45, 7) is 9.78. The number of Topliss-reactive ketones (excluding diaryl/α,β-unsaturated/α-hetero) is 2. The Morgan fingerprint density at radius 1 is 1.17 bits per heavy atom. The SMILES string of the molecule is CC(=O)c1c(C)[nH]c(C(=O)[C@H](C)OC(=O)c2cc(C)oc2C)c1C. The number of rotatable bonds is 5. The normalized spacial score (nSPS) is 12.1. The van der Waals surface area contributed by atoms with Crippen molar-refractivity contribution in [2.75, 3.05) is 0 Å². The summed E-state index contributed by atoms with van der Waals surface area (Å²) in [5.74, 6) is -0.0648. The molecule has 2 aromatic heterocycles. The Hall–Kier alpha value is -2.63. The summed E-state index contributed by atoms with van der Waals surface area (Å²) >= 11 is 0. The van der Waals surface area contributed by atoms with E-state index in [1.807, 2.05) is 0 Å². The molecule has 0 aliphatic heterocycles. The zero-order valence-electron chi connectivity index (χ0n) is 14.7. The molecule has 0 amide bonds. The van der Waals surface area contributed by atoms with Gasteiger partial charge in [0.15, 0.2) is 11.9 Å². The zero-order chi connectivity index (χ0) is 18.2. The molecule has 1 N–H and O–H groups in total. The lowest BCUT2D eigenvalue weighted by atomic mass is 10.0. The van der Waals surface area contributed by atoms with Crippen LogP contribution in [-0.2, 0) is 4.74 Å². The summed E-state index contributed by atoms with van der Waals surface area (Å²) in [5.41, 5.74) is 2.29. The molecule has 0 spiro atoms. The number of furan rings is 1. The minimum atomic E-state index is -0.983. The van der Waals surface area contributed by atoms with Gasteiger partial charge in [0, 0.05) is 11.3 Å². The van der Waals surface area contributed by atoms with Gasteiger partial charge >= 0.3 is 5.97 Å². The van der Waals surface area contributed by atoms with E-state index in [1.165, 1.54) is 13.8 Å². The smallest absolute Gasteiger partial charge is 0.342 e. The van der Waals surface area contributed by atoms with Gasteiger partial charge in [-0.25, -0.2) is 4.79 Å². The van der Waals surface area contributed by atoms with Gasteiger partial charge in [-0.15, -0.1) is 0 Å². The van der Waals surface area contributed by atoms with E-state index in [-0.39, 0.29) is 17.3 Å². The molecule has 2 heterocycles. The van der Waals surface area contributed by atoms with Crippen LogP contribution in [0.25, 0.3) is 0 Å². The molecule has 24 heavy (non-hydrogen) atoms. The van der Waals surface area contributed by atoms with Crippen LogP contribution in [0.3, 0.4) is 0 Å². The highest BCUT2D eigenvalue weighted by Crippen LogP contribution is 2.21. The van der Waals surface area contributed by atoms with Crippen molar-refractivity contribution in [3.05, 3.63) is 45.7 Å². The first-order chi connectivity index (χ1) is 11.1. The molecule has 0 aromatic carbocycles. The number of aromatic amines is 1. The van der Waals surface area contributed by atoms with Crippen LogP contribution in [0.2, 0.25) is 0 Å². The van der Waals surface area contributed by atoms with E-state index in [9.17, 15) is 14.4 Å². The maximum Gasteiger partial charge on any atom is 0.342 e. The van der Waals surface area contributed by atoms with Crippen LogP contribution in [0.15, 0.2) is 10.5 Å². The van der Waals surface area contributed by atoms with Gasteiger partial charge in [0.2, 0.25) is 5.78 Å². The first kappa shape index (κ1) is 17.7. The molecule has 0 saturated heterocycles. The molecular weight excluding hydrogens is 310 g/mol. The summed E-state index contributed by atoms with van der Waals surface area (Å²) in [6, 6.07) is 1.58. The molecule has 0 radical (unpaired) electrons. The lowest BCUT2D eigenvalue weighted by Gasteiger charge is -2.11. The Kier molecular flexibility index (Phi) is 4.78. The standard InChI is InChI=1S/C18H21NO5/c1-8-7-14(12(5)23-8)18(22)24-13(6)17(21)16-9(2)15(11(4)20)10(3)19-16/h7,13,19H,1-6H3/t13-/m0/s1. The summed E-state index contributed by atoms with van der Waals surface area (Å²) in [4.78, 5) is 39.4. The monoisotopic (exact) mass is 331 g/mol. The van der Waals surface area contributed by atoms with E-state index in [4.69, 9.17) is 9.15 Å². The van der Waals surface area contributed by atoms with E-state index in [2.05, 4.69) is 4.98 Å². The van der Waals surface area contributed by atoms with Crippen molar-refractivity contribution in [1.82, 2.24) is 4.98 Å². The Morgan fingerprint density at radius 2 is 1.79 bits per heavy atom. The molecule has 2 rings (SSSR count). The van der Waals surface area contributed by atoms with Crippen LogP contribution < -0.4 is 0 Å². The highest BCUT2D eigenvalue weighted by molar-refractivity contribution is 6.05. The van der Waals surface area contributed by atoms with Crippen molar-refractivity contribution >= 4 is 17.5 Å². The van der Waals surface area contributed by atoms with Crippen LogP contribution in [0.5, 0.6) is 0 Å². The average Bonchev–Trinajstić information content (AvgIpc) is 2.96. The fourth-order valence-corrected chi connectivity index (χ4v) is 2.84. The van der Waals surface area contributed by atoms with E-state index in [0.717, 1.165) is 0 Å². The molecule has 1 atom stereocenters. The van der Waals surface area contributed by atoms with Gasteiger partial charge in [0.05, 0.1) is 5.69 Å². The van der Waals surface area contributed by atoms with Crippen molar-refractivity contribution in [3.8, 4) is 0 Å². The number of hydrogen-bond donors (Lipinski definition) is 1. The summed E-state index contributed by atoms with van der Waals surface area (Å²) in [6.07, 6.45) is -0.983. The van der Waals surface area contributed by atoms with Gasteiger partial charge in [-0.1, -0.05) is 0 Å². The van der Waals surface area contributed by atoms with Crippen molar-refractivity contribution in [3.63, 3.8) is 0 Å². The number of hydrogen-bond acceptors (Lipinski definition) is 5. The number of carbonyl (C=O) groups excluding carboxylic acids is 3. The molecule has 6 nitrogen and oxygen atoms in total. The highest BCUT2D eigenvalue weighted by Gasteiger charge is 2.27. The lowest BCUT2D eigenvalue weighted by Crippen LogP contribution is -2.25. The van der Waals surface area contributed by atoms with Crippen LogP contribution in [0.4, 0.5) is 0 Å². The van der Waals surface area contributed by atoms with E-state index in [0.29, 0.717) is 33.9 Å². The predicted molar refractivity (Wildman–Crippen MR) is 87.7 cm³/mol. The molecule has 0 aliphatic rings. The lowest BCUT2D eigenvalue weighted by molar-refractivity contribution is 0.0315. The Balaban J connectivity index is 2.21. The maximum atomic E-state index is 12.6.